The van der Waals surface area contributed by atoms with Gasteiger partial charge in [-0.15, -0.1) is 0 Å². The van der Waals surface area contributed by atoms with Crippen LogP contribution in [0.4, 0.5) is 0 Å². The van der Waals surface area contributed by atoms with E-state index in [0.29, 0.717) is 18.3 Å². The van der Waals surface area contributed by atoms with Crippen molar-refractivity contribution in [2.45, 2.75) is 125 Å². The Kier molecular flexibility index (Phi) is 10.8. The SMILES string of the molecule is CCCCCCC(CC)(OOC(C)(C)C(C)C)OOC(C)(C)C(C)C. The summed E-state index contributed by atoms with van der Waals surface area (Å²) in [7, 11) is 0. The van der Waals surface area contributed by atoms with E-state index in [1.807, 2.05) is 27.7 Å². The van der Waals surface area contributed by atoms with Gasteiger partial charge in [0.15, 0.2) is 0 Å². The van der Waals surface area contributed by atoms with Gasteiger partial charge in [-0.1, -0.05) is 60.8 Å². The van der Waals surface area contributed by atoms with Crippen molar-refractivity contribution in [3.8, 4) is 0 Å². The molecule has 4 heteroatoms. The fourth-order valence-electron chi connectivity index (χ4n) is 1.77. The van der Waals surface area contributed by atoms with E-state index in [9.17, 15) is 0 Å². The lowest BCUT2D eigenvalue weighted by molar-refractivity contribution is -0.549. The number of hydrogen-bond acceptors (Lipinski definition) is 4. The van der Waals surface area contributed by atoms with Crippen molar-refractivity contribution in [1.82, 2.24) is 0 Å². The van der Waals surface area contributed by atoms with Crippen LogP contribution in [0.5, 0.6) is 0 Å². The maximum atomic E-state index is 5.91. The number of unbranched alkanes of at least 4 members (excludes halogenated alkanes) is 3. The lowest BCUT2D eigenvalue weighted by Gasteiger charge is -2.38. The third-order valence-corrected chi connectivity index (χ3v) is 5.55. The second kappa shape index (κ2) is 10.9. The van der Waals surface area contributed by atoms with Gasteiger partial charge in [0, 0.05) is 12.8 Å². The van der Waals surface area contributed by atoms with Gasteiger partial charge in [-0.25, -0.2) is 9.78 Å². The Morgan fingerprint density at radius 1 is 0.640 bits per heavy atom. The monoisotopic (exact) mass is 360 g/mol. The molecule has 0 aliphatic rings. The van der Waals surface area contributed by atoms with E-state index >= 15 is 0 Å². The second-order valence-electron chi connectivity index (χ2n) is 8.92. The highest BCUT2D eigenvalue weighted by Crippen LogP contribution is 2.33. The molecule has 0 heterocycles. The minimum Gasteiger partial charge on any atom is -0.227 e. The summed E-state index contributed by atoms with van der Waals surface area (Å²) in [6.07, 6.45) is 6.03. The third kappa shape index (κ3) is 8.85. The summed E-state index contributed by atoms with van der Waals surface area (Å²) in [5, 5.41) is 0. The molecule has 0 rings (SSSR count). The topological polar surface area (TPSA) is 36.9 Å². The average molecular weight is 361 g/mol. The van der Waals surface area contributed by atoms with E-state index in [4.69, 9.17) is 19.6 Å². The molecule has 0 spiro atoms. The highest BCUT2D eigenvalue weighted by molar-refractivity contribution is 4.74. The lowest BCUT2D eigenvalue weighted by Crippen LogP contribution is -2.44. The quantitative estimate of drug-likeness (QED) is 0.147. The van der Waals surface area contributed by atoms with E-state index in [1.54, 1.807) is 0 Å². The third-order valence-electron chi connectivity index (χ3n) is 5.55. The van der Waals surface area contributed by atoms with Crippen LogP contribution < -0.4 is 0 Å². The van der Waals surface area contributed by atoms with E-state index in [2.05, 4.69) is 41.5 Å². The molecule has 0 bridgehead atoms. The first-order valence-electron chi connectivity index (χ1n) is 10.2. The van der Waals surface area contributed by atoms with Crippen LogP contribution in [0.1, 0.15) is 108 Å². The zero-order chi connectivity index (χ0) is 19.7. The van der Waals surface area contributed by atoms with Crippen LogP contribution in [0.25, 0.3) is 0 Å². The molecule has 25 heavy (non-hydrogen) atoms. The second-order valence-corrected chi connectivity index (χ2v) is 8.92. The maximum Gasteiger partial charge on any atom is 0.233 e. The molecular formula is C21H44O4. The Bertz CT molecular complexity index is 324. The maximum absolute atomic E-state index is 5.91. The summed E-state index contributed by atoms with van der Waals surface area (Å²) in [5.41, 5.74) is -0.776. The van der Waals surface area contributed by atoms with Crippen molar-refractivity contribution in [1.29, 1.82) is 0 Å². The van der Waals surface area contributed by atoms with Gasteiger partial charge in [-0.05, 0) is 46.0 Å². The van der Waals surface area contributed by atoms with Crippen LogP contribution in [-0.2, 0) is 19.6 Å². The van der Waals surface area contributed by atoms with Crippen LogP contribution in [0.2, 0.25) is 0 Å². The predicted octanol–water partition coefficient (Wildman–Crippen LogP) is 6.83. The Labute approximate surface area is 156 Å². The summed E-state index contributed by atoms with van der Waals surface area (Å²) in [6, 6.07) is 0. The van der Waals surface area contributed by atoms with Crippen LogP contribution in [0.3, 0.4) is 0 Å². The molecule has 0 fully saturated rings. The predicted molar refractivity (Wildman–Crippen MR) is 104 cm³/mol. The molecule has 0 amide bonds. The van der Waals surface area contributed by atoms with Gasteiger partial charge >= 0.3 is 0 Å². The minimum absolute atomic E-state index is 0.329. The smallest absolute Gasteiger partial charge is 0.227 e. The summed E-state index contributed by atoms with van der Waals surface area (Å²) < 4.78 is 0. The first-order valence-corrected chi connectivity index (χ1v) is 10.2. The largest absolute Gasteiger partial charge is 0.233 e. The molecule has 152 valence electrons. The van der Waals surface area contributed by atoms with Crippen molar-refractivity contribution in [3.63, 3.8) is 0 Å². The van der Waals surface area contributed by atoms with Crippen LogP contribution >= 0.6 is 0 Å². The highest BCUT2D eigenvalue weighted by Gasteiger charge is 2.39. The van der Waals surface area contributed by atoms with Gasteiger partial charge in [0.2, 0.25) is 5.79 Å². The van der Waals surface area contributed by atoms with Gasteiger partial charge in [-0.2, -0.15) is 9.78 Å². The molecule has 0 atom stereocenters. The van der Waals surface area contributed by atoms with Gasteiger partial charge in [0.1, 0.15) is 11.2 Å². The molecule has 0 saturated heterocycles. The minimum atomic E-state index is -0.869. The number of hydrogen-bond donors (Lipinski definition) is 0. The summed E-state index contributed by atoms with van der Waals surface area (Å²) in [4.78, 5) is 23.5. The van der Waals surface area contributed by atoms with Crippen LogP contribution in [-0.4, -0.2) is 17.0 Å². The van der Waals surface area contributed by atoms with Crippen molar-refractivity contribution >= 4 is 0 Å². The van der Waals surface area contributed by atoms with Crippen molar-refractivity contribution in [2.75, 3.05) is 0 Å². The fraction of sp³-hybridized carbons (Fsp3) is 1.00. The summed E-state index contributed by atoms with van der Waals surface area (Å²) in [6.45, 7) is 20.9. The molecule has 0 aromatic heterocycles. The molecular weight excluding hydrogens is 316 g/mol. The first-order chi connectivity index (χ1) is 11.4. The molecule has 0 unspecified atom stereocenters. The van der Waals surface area contributed by atoms with Crippen molar-refractivity contribution in [3.05, 3.63) is 0 Å². The molecule has 0 saturated carbocycles. The zero-order valence-corrected chi connectivity index (χ0v) is 18.5. The van der Waals surface area contributed by atoms with Crippen molar-refractivity contribution in [2.24, 2.45) is 11.8 Å². The van der Waals surface area contributed by atoms with Crippen molar-refractivity contribution < 1.29 is 19.6 Å². The molecule has 0 aliphatic heterocycles. The van der Waals surface area contributed by atoms with Crippen LogP contribution in [0.15, 0.2) is 0 Å². The van der Waals surface area contributed by atoms with Gasteiger partial charge in [0.05, 0.1) is 0 Å². The first kappa shape index (κ1) is 24.8. The summed E-state index contributed by atoms with van der Waals surface area (Å²) >= 11 is 0. The molecule has 0 aromatic rings. The summed E-state index contributed by atoms with van der Waals surface area (Å²) in [5.74, 6) is -0.211. The standard InChI is InChI=1S/C21H44O4/c1-11-13-14-15-16-21(12-2,24-22-19(7,8)17(3)4)25-23-20(9,10)18(5)6/h17-18H,11-16H2,1-10H3. The Balaban J connectivity index is 5.04. The van der Waals surface area contributed by atoms with E-state index in [-0.39, 0.29) is 11.2 Å². The molecule has 0 N–H and O–H groups in total. The van der Waals surface area contributed by atoms with Gasteiger partial charge < -0.3 is 0 Å². The Morgan fingerprint density at radius 2 is 1.08 bits per heavy atom. The van der Waals surface area contributed by atoms with E-state index in [1.165, 1.54) is 12.8 Å². The Morgan fingerprint density at radius 3 is 1.40 bits per heavy atom. The highest BCUT2D eigenvalue weighted by atomic mass is 17.3. The zero-order valence-electron chi connectivity index (χ0n) is 18.5. The molecule has 4 nitrogen and oxygen atoms in total. The Hall–Kier alpha value is -0.160. The normalized spacial score (nSPS) is 13.9. The van der Waals surface area contributed by atoms with Gasteiger partial charge in [0.25, 0.3) is 0 Å². The fourth-order valence-corrected chi connectivity index (χ4v) is 1.77. The van der Waals surface area contributed by atoms with E-state index in [0.717, 1.165) is 19.3 Å². The number of rotatable bonds is 14. The van der Waals surface area contributed by atoms with E-state index < -0.39 is 5.79 Å². The lowest BCUT2D eigenvalue weighted by atomic mass is 9.95. The van der Waals surface area contributed by atoms with Crippen LogP contribution in [0, 0.1) is 11.8 Å². The molecule has 0 aliphatic carbocycles. The molecule has 0 radical (unpaired) electrons. The molecule has 0 aromatic carbocycles. The average Bonchev–Trinajstić information content (AvgIpc) is 2.53. The van der Waals surface area contributed by atoms with Gasteiger partial charge in [-0.3, -0.25) is 0 Å².